The molecule has 132 valence electrons. The molecular weight excluding hydrogens is 330 g/mol. The van der Waals surface area contributed by atoms with E-state index in [1.54, 1.807) is 6.20 Å². The first kappa shape index (κ1) is 17.9. The van der Waals surface area contributed by atoms with E-state index < -0.39 is 10.8 Å². The van der Waals surface area contributed by atoms with Gasteiger partial charge in [-0.15, -0.1) is 0 Å². The summed E-state index contributed by atoms with van der Waals surface area (Å²) in [6.45, 7) is 6.11. The van der Waals surface area contributed by atoms with E-state index >= 15 is 0 Å². The zero-order chi connectivity index (χ0) is 18.0. The number of aromatic nitrogens is 1. The predicted octanol–water partition coefficient (Wildman–Crippen LogP) is 4.22. The summed E-state index contributed by atoms with van der Waals surface area (Å²) in [5.41, 5.74) is 4.69. The van der Waals surface area contributed by atoms with Crippen molar-refractivity contribution in [2.45, 2.75) is 57.7 Å². The molecule has 5 heteroatoms. The van der Waals surface area contributed by atoms with Crippen LogP contribution in [0.15, 0.2) is 18.3 Å². The summed E-state index contributed by atoms with van der Waals surface area (Å²) < 4.78 is 12.2. The highest BCUT2D eigenvalue weighted by atomic mass is 32.2. The predicted molar refractivity (Wildman–Crippen MR) is 104 cm³/mol. The fourth-order valence-electron chi connectivity index (χ4n) is 3.86. The van der Waals surface area contributed by atoms with Gasteiger partial charge in [-0.05, 0) is 44.7 Å². The maximum Gasteiger partial charge on any atom is 0.103 e. The molecule has 0 aliphatic heterocycles. The van der Waals surface area contributed by atoms with Crippen LogP contribution in [-0.2, 0) is 10.8 Å². The zero-order valence-corrected chi connectivity index (χ0v) is 15.9. The number of hydrogen-bond acceptors (Lipinski definition) is 4. The van der Waals surface area contributed by atoms with Crippen molar-refractivity contribution < 1.29 is 4.21 Å². The first-order valence-corrected chi connectivity index (χ1v) is 10.4. The molecule has 1 aromatic carbocycles. The van der Waals surface area contributed by atoms with E-state index in [1.165, 1.54) is 5.56 Å². The molecule has 1 heterocycles. The van der Waals surface area contributed by atoms with Crippen LogP contribution >= 0.6 is 0 Å². The molecule has 3 atom stereocenters. The molecule has 1 N–H and O–H groups in total. The maximum atomic E-state index is 12.2. The molecule has 1 saturated carbocycles. The highest BCUT2D eigenvalue weighted by Gasteiger charge is 2.26. The third kappa shape index (κ3) is 3.69. The number of benzene rings is 1. The van der Waals surface area contributed by atoms with Crippen molar-refractivity contribution in [1.82, 2.24) is 4.98 Å². The monoisotopic (exact) mass is 355 g/mol. The lowest BCUT2D eigenvalue weighted by atomic mass is 9.94. The number of aryl methyl sites for hydroxylation is 2. The molecule has 0 amide bonds. The quantitative estimate of drug-likeness (QED) is 0.892. The van der Waals surface area contributed by atoms with Crippen LogP contribution in [0.5, 0.6) is 0 Å². The molecule has 0 bridgehead atoms. The minimum atomic E-state index is -0.751. The number of fused-ring (bicyclic) bond motifs is 1. The van der Waals surface area contributed by atoms with Crippen LogP contribution in [0.25, 0.3) is 10.9 Å². The Morgan fingerprint density at radius 3 is 2.88 bits per heavy atom. The smallest absolute Gasteiger partial charge is 0.103 e. The maximum absolute atomic E-state index is 12.2. The molecule has 1 aliphatic rings. The molecular formula is C20H25N3OS. The number of nitrogens with one attached hydrogen (secondary N) is 1. The second kappa shape index (κ2) is 7.53. The van der Waals surface area contributed by atoms with Crippen molar-refractivity contribution in [1.29, 1.82) is 5.26 Å². The summed E-state index contributed by atoms with van der Waals surface area (Å²) in [6, 6.07) is 6.75. The third-order valence-corrected chi connectivity index (χ3v) is 6.80. The molecule has 2 aromatic rings. The van der Waals surface area contributed by atoms with Crippen molar-refractivity contribution in [2.75, 3.05) is 11.1 Å². The zero-order valence-electron chi connectivity index (χ0n) is 15.1. The summed E-state index contributed by atoms with van der Waals surface area (Å²) in [6.07, 6.45) is 5.74. The Hall–Kier alpha value is -1.93. The number of nitrogens with zero attached hydrogens (tertiary/aromatic N) is 2. The fraction of sp³-hybridized carbons (Fsp3) is 0.500. The van der Waals surface area contributed by atoms with Crippen molar-refractivity contribution in [3.63, 3.8) is 0 Å². The van der Waals surface area contributed by atoms with Crippen LogP contribution in [0.2, 0.25) is 0 Å². The minimum Gasteiger partial charge on any atom is -0.381 e. The molecule has 3 unspecified atom stereocenters. The van der Waals surface area contributed by atoms with Gasteiger partial charge in [-0.3, -0.25) is 9.19 Å². The van der Waals surface area contributed by atoms with Crippen LogP contribution in [0.3, 0.4) is 0 Å². The highest BCUT2D eigenvalue weighted by Crippen LogP contribution is 2.32. The Balaban J connectivity index is 1.97. The van der Waals surface area contributed by atoms with Crippen LogP contribution in [0.1, 0.15) is 49.3 Å². The van der Waals surface area contributed by atoms with Crippen LogP contribution in [0, 0.1) is 25.2 Å². The topological polar surface area (TPSA) is 65.8 Å². The summed E-state index contributed by atoms with van der Waals surface area (Å²) >= 11 is 0. The van der Waals surface area contributed by atoms with Crippen molar-refractivity contribution in [3.8, 4) is 6.07 Å². The Morgan fingerprint density at radius 2 is 2.16 bits per heavy atom. The average Bonchev–Trinajstić information content (AvgIpc) is 2.61. The van der Waals surface area contributed by atoms with E-state index in [2.05, 4.69) is 42.4 Å². The number of anilines is 1. The number of hydrogen-bond donors (Lipinski definition) is 1. The number of rotatable bonds is 4. The van der Waals surface area contributed by atoms with Crippen molar-refractivity contribution in [3.05, 3.63) is 35.0 Å². The molecule has 3 rings (SSSR count). The standard InChI is InChI=1S/C20H25N3OS/c1-4-25(24)17-7-5-6-16(10-17)23-20-15(11-21)12-22-19-14(3)8-13(2)9-18(19)20/h8-9,12,16-17H,4-7,10H2,1-3H3,(H,22,23). The normalized spacial score (nSPS) is 21.7. The number of nitriles is 1. The van der Waals surface area contributed by atoms with Gasteiger partial charge in [0.1, 0.15) is 6.07 Å². The van der Waals surface area contributed by atoms with Gasteiger partial charge in [-0.2, -0.15) is 5.26 Å². The van der Waals surface area contributed by atoms with Gasteiger partial charge in [-0.1, -0.05) is 25.0 Å². The second-order valence-corrected chi connectivity index (χ2v) is 8.94. The van der Waals surface area contributed by atoms with Gasteiger partial charge in [-0.25, -0.2) is 0 Å². The van der Waals surface area contributed by atoms with E-state index in [0.29, 0.717) is 5.56 Å². The molecule has 4 nitrogen and oxygen atoms in total. The summed E-state index contributed by atoms with van der Waals surface area (Å²) in [5, 5.41) is 14.4. The molecule has 0 radical (unpaired) electrons. The van der Waals surface area contributed by atoms with Gasteiger partial charge in [0.25, 0.3) is 0 Å². The van der Waals surface area contributed by atoms with E-state index in [-0.39, 0.29) is 11.3 Å². The summed E-state index contributed by atoms with van der Waals surface area (Å²) in [5.74, 6) is 0.720. The third-order valence-electron chi connectivity index (χ3n) is 5.06. The van der Waals surface area contributed by atoms with Gasteiger partial charge in [0.05, 0.1) is 16.8 Å². The molecule has 0 saturated heterocycles. The highest BCUT2D eigenvalue weighted by molar-refractivity contribution is 7.85. The van der Waals surface area contributed by atoms with Crippen molar-refractivity contribution in [2.24, 2.45) is 0 Å². The Labute approximate surface area is 152 Å². The average molecular weight is 356 g/mol. The second-order valence-electron chi connectivity index (χ2n) is 6.94. The molecule has 0 spiro atoms. The Kier molecular flexibility index (Phi) is 5.39. The van der Waals surface area contributed by atoms with E-state index in [0.717, 1.165) is 53.6 Å². The van der Waals surface area contributed by atoms with Gasteiger partial charge < -0.3 is 5.32 Å². The fourth-order valence-corrected chi connectivity index (χ4v) is 5.20. The van der Waals surface area contributed by atoms with Gasteiger partial charge in [0.2, 0.25) is 0 Å². The first-order chi connectivity index (χ1) is 12.0. The lowest BCUT2D eigenvalue weighted by Gasteiger charge is -2.30. The minimum absolute atomic E-state index is 0.257. The van der Waals surface area contributed by atoms with E-state index in [9.17, 15) is 9.47 Å². The largest absolute Gasteiger partial charge is 0.381 e. The van der Waals surface area contributed by atoms with Crippen molar-refractivity contribution >= 4 is 27.4 Å². The molecule has 1 aliphatic carbocycles. The SMILES string of the molecule is CCS(=O)C1CCCC(Nc2c(C#N)cnc3c(C)cc(C)cc23)C1. The molecule has 25 heavy (non-hydrogen) atoms. The first-order valence-electron chi connectivity index (χ1n) is 8.97. The molecule has 1 aromatic heterocycles. The van der Waals surface area contributed by atoms with Crippen LogP contribution in [0.4, 0.5) is 5.69 Å². The summed E-state index contributed by atoms with van der Waals surface area (Å²) in [7, 11) is -0.751. The van der Waals surface area contributed by atoms with Crippen LogP contribution in [-0.4, -0.2) is 26.2 Å². The van der Waals surface area contributed by atoms with Gasteiger partial charge >= 0.3 is 0 Å². The molecule has 1 fully saturated rings. The van der Waals surface area contributed by atoms with Gasteiger partial charge in [0, 0.05) is 39.4 Å². The number of pyridine rings is 1. The van der Waals surface area contributed by atoms with E-state index in [1.807, 2.05) is 6.92 Å². The summed E-state index contributed by atoms with van der Waals surface area (Å²) in [4.78, 5) is 4.49. The Morgan fingerprint density at radius 1 is 1.36 bits per heavy atom. The lowest BCUT2D eigenvalue weighted by molar-refractivity contribution is 0.465. The Bertz CT molecular complexity index is 856. The van der Waals surface area contributed by atoms with Crippen LogP contribution < -0.4 is 5.32 Å². The van der Waals surface area contributed by atoms with E-state index in [4.69, 9.17) is 0 Å². The van der Waals surface area contributed by atoms with Gasteiger partial charge in [0.15, 0.2) is 0 Å². The lowest BCUT2D eigenvalue weighted by Crippen LogP contribution is -2.33.